The van der Waals surface area contributed by atoms with Gasteiger partial charge >= 0.3 is 12.1 Å². The number of carbonyl (C=O) groups is 2. The van der Waals surface area contributed by atoms with Crippen LogP contribution in [0.1, 0.15) is 39.2 Å². The maximum absolute atomic E-state index is 13.5. The van der Waals surface area contributed by atoms with Gasteiger partial charge in [-0.1, -0.05) is 0 Å². The highest BCUT2D eigenvalue weighted by molar-refractivity contribution is 6.04. The first-order valence-corrected chi connectivity index (χ1v) is 12.5. The summed E-state index contributed by atoms with van der Waals surface area (Å²) in [6.45, 7) is 7.07. The first-order valence-electron chi connectivity index (χ1n) is 12.5. The van der Waals surface area contributed by atoms with Crippen LogP contribution >= 0.6 is 0 Å². The van der Waals surface area contributed by atoms with Crippen molar-refractivity contribution in [1.82, 2.24) is 24.8 Å². The molecule has 0 bridgehead atoms. The van der Waals surface area contributed by atoms with Crippen molar-refractivity contribution in [3.63, 3.8) is 0 Å². The van der Waals surface area contributed by atoms with E-state index in [1.807, 2.05) is 50.1 Å². The smallest absolute Gasteiger partial charge is 0.410 e. The van der Waals surface area contributed by atoms with Crippen molar-refractivity contribution in [1.29, 1.82) is 0 Å². The van der Waals surface area contributed by atoms with Gasteiger partial charge in [0, 0.05) is 55.8 Å². The van der Waals surface area contributed by atoms with Gasteiger partial charge < -0.3 is 19.3 Å². The van der Waals surface area contributed by atoms with Gasteiger partial charge in [0.25, 0.3) is 0 Å². The van der Waals surface area contributed by atoms with Crippen LogP contribution in [-0.2, 0) is 11.3 Å². The summed E-state index contributed by atoms with van der Waals surface area (Å²) in [5.41, 5.74) is 4.18. The maximum atomic E-state index is 13.5. The molecular formula is C27H32N6O4. The first-order chi connectivity index (χ1) is 17.6. The Morgan fingerprint density at radius 2 is 1.81 bits per heavy atom. The number of nitrogens with zero attached hydrogens (tertiary/aromatic N) is 6. The normalized spacial score (nSPS) is 16.7. The number of amides is 3. The molecule has 0 unspecified atom stereocenters. The molecule has 0 aromatic carbocycles. The van der Waals surface area contributed by atoms with Gasteiger partial charge in [0.2, 0.25) is 5.88 Å². The lowest BCUT2D eigenvalue weighted by atomic mass is 9.99. The van der Waals surface area contributed by atoms with Crippen LogP contribution in [0.2, 0.25) is 0 Å². The molecule has 0 radical (unpaired) electrons. The van der Waals surface area contributed by atoms with Crippen molar-refractivity contribution in [2.45, 2.75) is 51.8 Å². The van der Waals surface area contributed by atoms with Gasteiger partial charge in [-0.2, -0.15) is 0 Å². The van der Waals surface area contributed by atoms with E-state index in [9.17, 15) is 9.59 Å². The van der Waals surface area contributed by atoms with Crippen molar-refractivity contribution in [2.75, 3.05) is 32.1 Å². The number of hydrogen-bond donors (Lipinski definition) is 0. The van der Waals surface area contributed by atoms with E-state index in [0.717, 1.165) is 28.0 Å². The predicted octanol–water partition coefficient (Wildman–Crippen LogP) is 4.47. The van der Waals surface area contributed by atoms with E-state index >= 15 is 0 Å². The topological polar surface area (TPSA) is 101 Å². The molecule has 0 saturated carbocycles. The number of pyridine rings is 3. The lowest BCUT2D eigenvalue weighted by molar-refractivity contribution is 0.0205. The second-order valence-electron chi connectivity index (χ2n) is 10.5. The molecule has 2 aliphatic heterocycles. The molecule has 5 heterocycles. The summed E-state index contributed by atoms with van der Waals surface area (Å²) in [4.78, 5) is 45.3. The Morgan fingerprint density at radius 1 is 1.05 bits per heavy atom. The SMILES string of the molecule is COc1ccc(-c2ccc3ncc4c(c3n2)N(C2CCN(C(=O)OC(C)(C)C)CC2)C(=O)N(C)C4)cn1. The highest BCUT2D eigenvalue weighted by atomic mass is 16.6. The number of aromatic nitrogens is 3. The first kappa shape index (κ1) is 24.7. The summed E-state index contributed by atoms with van der Waals surface area (Å²) in [6, 6.07) is 7.38. The van der Waals surface area contributed by atoms with Crippen LogP contribution in [0, 0.1) is 0 Å². The molecule has 5 rings (SSSR count). The Morgan fingerprint density at radius 3 is 2.46 bits per heavy atom. The summed E-state index contributed by atoms with van der Waals surface area (Å²) in [7, 11) is 3.38. The largest absolute Gasteiger partial charge is 0.481 e. The number of methoxy groups -OCH3 is 1. The average molecular weight is 505 g/mol. The van der Waals surface area contributed by atoms with Crippen LogP contribution in [0.25, 0.3) is 22.3 Å². The molecule has 0 N–H and O–H groups in total. The Kier molecular flexibility index (Phi) is 6.35. The number of carbonyl (C=O) groups excluding carboxylic acids is 2. The molecule has 1 saturated heterocycles. The van der Waals surface area contributed by atoms with E-state index in [-0.39, 0.29) is 18.2 Å². The monoisotopic (exact) mass is 504 g/mol. The van der Waals surface area contributed by atoms with Crippen LogP contribution in [0.5, 0.6) is 5.88 Å². The molecule has 0 aliphatic carbocycles. The third-order valence-corrected chi connectivity index (χ3v) is 6.67. The maximum Gasteiger partial charge on any atom is 0.410 e. The summed E-state index contributed by atoms with van der Waals surface area (Å²) in [5, 5.41) is 0. The summed E-state index contributed by atoms with van der Waals surface area (Å²) in [5.74, 6) is 0.529. The van der Waals surface area contributed by atoms with Crippen LogP contribution in [0.15, 0.2) is 36.7 Å². The Hall–Kier alpha value is -3.95. The molecule has 1 fully saturated rings. The van der Waals surface area contributed by atoms with E-state index in [4.69, 9.17) is 14.5 Å². The number of likely N-dealkylation sites (tertiary alicyclic amines) is 1. The zero-order valence-corrected chi connectivity index (χ0v) is 21.9. The molecule has 10 heteroatoms. The molecule has 3 aromatic rings. The molecule has 2 aliphatic rings. The standard InChI is InChI=1S/C27H32N6O4/c1-27(2,3)37-26(35)32-12-10-19(11-13-32)33-24-18(16-31(4)25(33)34)15-28-21-8-7-20(30-23(21)24)17-6-9-22(36-5)29-14-17/h6-9,14-15,19H,10-13,16H2,1-5H3. The molecule has 0 spiro atoms. The number of fused-ring (bicyclic) bond motifs is 3. The lowest BCUT2D eigenvalue weighted by Crippen LogP contribution is -2.54. The second-order valence-corrected chi connectivity index (χ2v) is 10.5. The van der Waals surface area contributed by atoms with E-state index in [2.05, 4.69) is 9.97 Å². The van der Waals surface area contributed by atoms with Gasteiger partial charge in [-0.3, -0.25) is 9.88 Å². The third-order valence-electron chi connectivity index (χ3n) is 6.67. The second kappa shape index (κ2) is 9.49. The lowest BCUT2D eigenvalue weighted by Gasteiger charge is -2.43. The van der Waals surface area contributed by atoms with Crippen LogP contribution in [0.4, 0.5) is 15.3 Å². The van der Waals surface area contributed by atoms with Crippen molar-refractivity contribution in [3.05, 3.63) is 42.2 Å². The van der Waals surface area contributed by atoms with Crippen molar-refractivity contribution < 1.29 is 19.1 Å². The van der Waals surface area contributed by atoms with Crippen LogP contribution < -0.4 is 9.64 Å². The quantitative estimate of drug-likeness (QED) is 0.519. The number of hydrogen-bond acceptors (Lipinski definition) is 7. The number of rotatable bonds is 3. The number of urea groups is 1. The van der Waals surface area contributed by atoms with E-state index in [0.29, 0.717) is 43.9 Å². The van der Waals surface area contributed by atoms with E-state index < -0.39 is 5.60 Å². The fourth-order valence-corrected chi connectivity index (χ4v) is 4.86. The van der Waals surface area contributed by atoms with Crippen molar-refractivity contribution in [2.24, 2.45) is 0 Å². The van der Waals surface area contributed by atoms with E-state index in [1.54, 1.807) is 36.2 Å². The molecule has 10 nitrogen and oxygen atoms in total. The predicted molar refractivity (Wildman–Crippen MR) is 139 cm³/mol. The third kappa shape index (κ3) is 4.87. The van der Waals surface area contributed by atoms with E-state index in [1.165, 1.54) is 0 Å². The Bertz CT molecular complexity index is 1330. The highest BCUT2D eigenvalue weighted by Crippen LogP contribution is 2.38. The fourth-order valence-electron chi connectivity index (χ4n) is 4.86. The zero-order chi connectivity index (χ0) is 26.3. The highest BCUT2D eigenvalue weighted by Gasteiger charge is 2.38. The van der Waals surface area contributed by atoms with Gasteiger partial charge in [-0.05, 0) is 51.8 Å². The summed E-state index contributed by atoms with van der Waals surface area (Å²) in [6.07, 6.45) is 4.52. The number of anilines is 1. The number of ether oxygens (including phenoxy) is 2. The Labute approximate surface area is 216 Å². The van der Waals surface area contributed by atoms with Crippen molar-refractivity contribution in [3.8, 4) is 17.1 Å². The Balaban J connectivity index is 1.49. The summed E-state index contributed by atoms with van der Waals surface area (Å²) >= 11 is 0. The minimum Gasteiger partial charge on any atom is -0.481 e. The molecular weight excluding hydrogens is 472 g/mol. The number of piperidine rings is 1. The van der Waals surface area contributed by atoms with Crippen LogP contribution in [0.3, 0.4) is 0 Å². The minimum absolute atomic E-state index is 0.0750. The van der Waals surface area contributed by atoms with Gasteiger partial charge in [-0.25, -0.2) is 19.6 Å². The molecule has 194 valence electrons. The molecule has 0 atom stereocenters. The van der Waals surface area contributed by atoms with Crippen LogP contribution in [-0.4, -0.2) is 75.8 Å². The van der Waals surface area contributed by atoms with Gasteiger partial charge in [-0.15, -0.1) is 0 Å². The van der Waals surface area contributed by atoms with Gasteiger partial charge in [0.15, 0.2) is 0 Å². The zero-order valence-electron chi connectivity index (χ0n) is 21.9. The minimum atomic E-state index is -0.548. The average Bonchev–Trinajstić information content (AvgIpc) is 2.88. The summed E-state index contributed by atoms with van der Waals surface area (Å²) < 4.78 is 10.7. The molecule has 37 heavy (non-hydrogen) atoms. The van der Waals surface area contributed by atoms with Gasteiger partial charge in [0.05, 0.1) is 30.6 Å². The van der Waals surface area contributed by atoms with Crippen molar-refractivity contribution >= 4 is 28.8 Å². The van der Waals surface area contributed by atoms with Gasteiger partial charge in [0.1, 0.15) is 11.1 Å². The fraction of sp³-hybridized carbons (Fsp3) is 0.444. The molecule has 3 amide bonds. The molecule has 3 aromatic heterocycles.